The third kappa shape index (κ3) is 15.4. The Morgan fingerprint density at radius 3 is 1.64 bits per heavy atom. The molecule has 47 heavy (non-hydrogen) atoms. The zero-order valence-electron chi connectivity index (χ0n) is 24.5. The van der Waals surface area contributed by atoms with Crippen molar-refractivity contribution >= 4 is 17.9 Å². The molecule has 11 nitrogen and oxygen atoms in total. The van der Waals surface area contributed by atoms with Crippen LogP contribution >= 0.6 is 0 Å². The topological polar surface area (TPSA) is 153 Å². The monoisotopic (exact) mass is 694 g/mol. The molecule has 2 aliphatic heterocycles. The highest BCUT2D eigenvalue weighted by Gasteiger charge is 2.49. The summed E-state index contributed by atoms with van der Waals surface area (Å²) in [6, 6.07) is 8.23. The van der Waals surface area contributed by atoms with Gasteiger partial charge in [0.1, 0.15) is 0 Å². The zero-order chi connectivity index (χ0) is 36.1. The SMILES string of the molecule is CN1CCC(COCc2cccnc2)CC12CN(Cc1cccnc1)C2.O=C(O)C(F)(F)F.O=C(O)C(F)(F)F.O=C(O)C(F)(F)F. The summed E-state index contributed by atoms with van der Waals surface area (Å²) in [5.41, 5.74) is 2.79. The van der Waals surface area contributed by atoms with E-state index in [9.17, 15) is 39.5 Å². The Hall–Kier alpha value is -4.04. The van der Waals surface area contributed by atoms with E-state index in [0.717, 1.165) is 31.8 Å². The second-order valence-electron chi connectivity index (χ2n) is 10.3. The molecule has 0 amide bonds. The maximum absolute atomic E-state index is 10.6. The van der Waals surface area contributed by atoms with Crippen LogP contribution in [0.3, 0.4) is 0 Å². The van der Waals surface area contributed by atoms with Crippen LogP contribution in [-0.2, 0) is 32.3 Å². The minimum atomic E-state index is -5.08. The van der Waals surface area contributed by atoms with E-state index in [1.54, 1.807) is 6.20 Å². The molecule has 2 fully saturated rings. The number of nitrogens with zero attached hydrogens (tertiary/aromatic N) is 4. The summed E-state index contributed by atoms with van der Waals surface area (Å²) in [6.45, 7) is 6.00. The van der Waals surface area contributed by atoms with Gasteiger partial charge in [-0.25, -0.2) is 14.4 Å². The van der Waals surface area contributed by atoms with Gasteiger partial charge in [-0.2, -0.15) is 39.5 Å². The summed E-state index contributed by atoms with van der Waals surface area (Å²) in [4.78, 5) is 40.2. The zero-order valence-corrected chi connectivity index (χ0v) is 24.5. The highest BCUT2D eigenvalue weighted by Crippen LogP contribution is 2.39. The molecule has 0 saturated carbocycles. The number of hydrogen-bond acceptors (Lipinski definition) is 8. The van der Waals surface area contributed by atoms with E-state index in [1.165, 1.54) is 24.9 Å². The molecule has 0 radical (unpaired) electrons. The van der Waals surface area contributed by atoms with Crippen molar-refractivity contribution in [2.24, 2.45) is 5.92 Å². The Labute approximate surface area is 261 Å². The van der Waals surface area contributed by atoms with Crippen LogP contribution in [0.25, 0.3) is 0 Å². The number of carboxylic acid groups (broad SMARTS) is 3. The van der Waals surface area contributed by atoms with Gasteiger partial charge in [0.25, 0.3) is 0 Å². The number of likely N-dealkylation sites (tertiary alicyclic amines) is 2. The number of rotatable bonds is 6. The van der Waals surface area contributed by atoms with Gasteiger partial charge in [-0.3, -0.25) is 19.8 Å². The molecule has 3 N–H and O–H groups in total. The first-order valence-electron chi connectivity index (χ1n) is 13.3. The van der Waals surface area contributed by atoms with E-state index in [0.29, 0.717) is 18.1 Å². The first-order valence-corrected chi connectivity index (χ1v) is 13.3. The van der Waals surface area contributed by atoms with Gasteiger partial charge in [-0.1, -0.05) is 12.1 Å². The number of alkyl halides is 9. The van der Waals surface area contributed by atoms with E-state index in [-0.39, 0.29) is 0 Å². The fourth-order valence-electron chi connectivity index (χ4n) is 4.40. The van der Waals surface area contributed by atoms with E-state index in [4.69, 9.17) is 34.4 Å². The number of ether oxygens (including phenoxy) is 1. The van der Waals surface area contributed by atoms with Crippen LogP contribution in [0.5, 0.6) is 0 Å². The van der Waals surface area contributed by atoms with Crippen LogP contribution in [0.1, 0.15) is 24.0 Å². The van der Waals surface area contributed by atoms with E-state index < -0.39 is 36.4 Å². The molecule has 4 rings (SSSR count). The van der Waals surface area contributed by atoms with E-state index in [2.05, 4.69) is 38.9 Å². The van der Waals surface area contributed by atoms with Crippen LogP contribution in [0.2, 0.25) is 0 Å². The Balaban J connectivity index is 0.000000430. The number of aliphatic carboxylic acids is 3. The number of piperidine rings is 1. The molecular weight excluding hydrogens is 663 g/mol. The fourth-order valence-corrected chi connectivity index (χ4v) is 4.40. The average molecular weight is 695 g/mol. The van der Waals surface area contributed by atoms with Gasteiger partial charge in [-0.05, 0) is 55.6 Å². The predicted octanol–water partition coefficient (Wildman–Crippen LogP) is 4.49. The molecule has 2 aromatic rings. The number of likely N-dealkylation sites (N-methyl/N-ethyl adjacent to an activating group) is 1. The third-order valence-corrected chi connectivity index (χ3v) is 6.59. The average Bonchev–Trinajstić information content (AvgIpc) is 2.94. The summed E-state index contributed by atoms with van der Waals surface area (Å²) >= 11 is 0. The van der Waals surface area contributed by atoms with Gasteiger partial charge in [-0.15, -0.1) is 0 Å². The molecule has 0 aliphatic carbocycles. The lowest BCUT2D eigenvalue weighted by Crippen LogP contribution is -2.71. The normalized spacial score (nSPS) is 17.8. The molecule has 2 aromatic heterocycles. The number of aromatic nitrogens is 2. The quantitative estimate of drug-likeness (QED) is 0.367. The maximum atomic E-state index is 10.6. The van der Waals surface area contributed by atoms with Gasteiger partial charge in [0.05, 0.1) is 6.61 Å². The van der Waals surface area contributed by atoms with Crippen LogP contribution in [0.15, 0.2) is 49.1 Å². The lowest BCUT2D eigenvalue weighted by molar-refractivity contribution is -0.193. The van der Waals surface area contributed by atoms with Crippen molar-refractivity contribution in [1.82, 2.24) is 19.8 Å². The van der Waals surface area contributed by atoms with Crippen molar-refractivity contribution in [2.75, 3.05) is 33.3 Å². The second kappa shape index (κ2) is 17.8. The molecule has 2 aliphatic rings. The minimum Gasteiger partial charge on any atom is -0.475 e. The largest absolute Gasteiger partial charge is 0.490 e. The van der Waals surface area contributed by atoms with Gasteiger partial charge in [0, 0.05) is 56.6 Å². The number of carbonyl (C=O) groups is 3. The van der Waals surface area contributed by atoms with Crippen molar-refractivity contribution in [3.8, 4) is 0 Å². The van der Waals surface area contributed by atoms with Gasteiger partial charge in [0.2, 0.25) is 0 Å². The molecule has 1 unspecified atom stereocenters. The lowest BCUT2D eigenvalue weighted by atomic mass is 9.75. The maximum Gasteiger partial charge on any atom is 0.490 e. The number of carboxylic acids is 3. The molecule has 2 saturated heterocycles. The Morgan fingerprint density at radius 1 is 0.830 bits per heavy atom. The Kier molecular flexibility index (Phi) is 15.5. The van der Waals surface area contributed by atoms with Crippen LogP contribution in [-0.4, -0.2) is 110 Å². The lowest BCUT2D eigenvalue weighted by Gasteiger charge is -2.58. The summed E-state index contributed by atoms with van der Waals surface area (Å²) in [7, 11) is 2.29. The smallest absolute Gasteiger partial charge is 0.475 e. The van der Waals surface area contributed by atoms with Crippen LogP contribution in [0, 0.1) is 5.92 Å². The highest BCUT2D eigenvalue weighted by atomic mass is 19.4. The standard InChI is InChI=1S/C21H28N4O.3C2HF3O2/c1-24-9-6-18(14-26-15-20-5-3-8-23-12-20)10-21(24)16-25(17-21)13-19-4-2-7-22-11-19;3*3-2(4,5)1(6)7/h2-5,7-8,11-12,18H,6,9-10,13-17H2,1H3;3*(H,6,7). The number of halogens is 9. The van der Waals surface area contributed by atoms with E-state index >= 15 is 0 Å². The number of hydrogen-bond donors (Lipinski definition) is 3. The second-order valence-corrected chi connectivity index (χ2v) is 10.3. The summed E-state index contributed by atoms with van der Waals surface area (Å²) in [5, 5.41) is 21.4. The van der Waals surface area contributed by atoms with Crippen molar-refractivity contribution in [3.05, 3.63) is 60.2 Å². The van der Waals surface area contributed by atoms with Crippen LogP contribution in [0.4, 0.5) is 39.5 Å². The molecule has 0 bridgehead atoms. The van der Waals surface area contributed by atoms with Gasteiger partial charge in [0.15, 0.2) is 0 Å². The molecule has 0 aromatic carbocycles. The molecule has 20 heteroatoms. The molecule has 264 valence electrons. The summed E-state index contributed by atoms with van der Waals surface area (Å²) in [5.74, 6) is -7.61. The van der Waals surface area contributed by atoms with Crippen molar-refractivity contribution in [3.63, 3.8) is 0 Å². The van der Waals surface area contributed by atoms with Crippen molar-refractivity contribution in [1.29, 1.82) is 0 Å². The summed E-state index contributed by atoms with van der Waals surface area (Å²) < 4.78 is 101. The fraction of sp³-hybridized carbons (Fsp3) is 0.519. The van der Waals surface area contributed by atoms with Crippen molar-refractivity contribution < 1.29 is 74.0 Å². The third-order valence-electron chi connectivity index (χ3n) is 6.59. The van der Waals surface area contributed by atoms with Crippen molar-refractivity contribution in [2.45, 2.75) is 50.1 Å². The van der Waals surface area contributed by atoms with E-state index in [1.807, 2.05) is 30.7 Å². The Morgan fingerprint density at radius 2 is 1.26 bits per heavy atom. The predicted molar refractivity (Wildman–Crippen MR) is 143 cm³/mol. The molecular formula is C27H31F9N4O7. The van der Waals surface area contributed by atoms with Crippen LogP contribution < -0.4 is 0 Å². The van der Waals surface area contributed by atoms with Gasteiger partial charge >= 0.3 is 36.4 Å². The first-order chi connectivity index (χ1) is 21.6. The minimum absolute atomic E-state index is 0.336. The summed E-state index contributed by atoms with van der Waals surface area (Å²) in [6.07, 6.45) is -5.28. The highest BCUT2D eigenvalue weighted by molar-refractivity contribution is 5.73. The molecule has 1 spiro atoms. The Bertz CT molecular complexity index is 1200. The molecule has 1 atom stereocenters. The molecule has 4 heterocycles. The first kappa shape index (κ1) is 41.0. The van der Waals surface area contributed by atoms with Gasteiger partial charge < -0.3 is 20.1 Å². The number of pyridine rings is 2.